The summed E-state index contributed by atoms with van der Waals surface area (Å²) in [7, 11) is 18.7. The maximum absolute atomic E-state index is 4.67. The molecule has 0 amide bonds. The molecular formula is C24H16Cl4Cu2N4. The van der Waals surface area contributed by atoms with Crippen molar-refractivity contribution in [1.29, 1.82) is 0 Å². The van der Waals surface area contributed by atoms with Gasteiger partial charge in [0.2, 0.25) is 0 Å². The van der Waals surface area contributed by atoms with E-state index in [9.17, 15) is 0 Å². The molecule has 0 saturated heterocycles. The van der Waals surface area contributed by atoms with E-state index in [-0.39, 0.29) is 0 Å². The molecule has 10 heteroatoms. The van der Waals surface area contributed by atoms with Gasteiger partial charge in [-0.05, 0) is 24.3 Å². The Morgan fingerprint density at radius 1 is 0.382 bits per heavy atom. The zero-order valence-electron chi connectivity index (χ0n) is 17.1. The average Bonchev–Trinajstić information content (AvgIpc) is 2.90. The first kappa shape index (κ1) is 26.9. The van der Waals surface area contributed by atoms with Crippen molar-refractivity contribution in [3.8, 4) is 0 Å². The second-order valence-electron chi connectivity index (χ2n) is 6.52. The number of hydrogen-bond acceptors (Lipinski definition) is 4. The summed E-state index contributed by atoms with van der Waals surface area (Å²) in [5.74, 6) is 0. The number of halogens is 4. The third kappa shape index (κ3) is 7.14. The second kappa shape index (κ2) is 14.6. The summed E-state index contributed by atoms with van der Waals surface area (Å²) in [6, 6.07) is 24.3. The first-order valence-corrected chi connectivity index (χ1v) is 14.7. The molecule has 0 spiro atoms. The number of nitrogens with zero attached hydrogens (tertiary/aromatic N) is 4. The van der Waals surface area contributed by atoms with Crippen molar-refractivity contribution in [3.63, 3.8) is 0 Å². The fraction of sp³-hybridized carbons (Fsp3) is 0. The van der Waals surface area contributed by atoms with E-state index in [4.69, 9.17) is 0 Å². The van der Waals surface area contributed by atoms with Crippen LogP contribution < -0.4 is 0 Å². The normalized spacial score (nSPS) is 10.2. The van der Waals surface area contributed by atoms with Gasteiger partial charge in [0.25, 0.3) is 0 Å². The topological polar surface area (TPSA) is 51.6 Å². The molecular weight excluding hydrogens is 613 g/mol. The van der Waals surface area contributed by atoms with Crippen LogP contribution in [0.1, 0.15) is 0 Å². The first-order valence-electron chi connectivity index (χ1n) is 9.53. The molecule has 0 fully saturated rings. The van der Waals surface area contributed by atoms with Crippen LogP contribution in [0.5, 0.6) is 0 Å². The van der Waals surface area contributed by atoms with Gasteiger partial charge in [-0.25, -0.2) is 0 Å². The number of hydrogen-bond donors (Lipinski definition) is 0. The van der Waals surface area contributed by atoms with E-state index in [2.05, 4.69) is 109 Å². The smallest absolute Gasteiger partial charge is 0.0964 e. The quantitative estimate of drug-likeness (QED) is 0.125. The Labute approximate surface area is 226 Å². The Bertz CT molecular complexity index is 1260. The van der Waals surface area contributed by atoms with Crippen LogP contribution in [0.4, 0.5) is 0 Å². The molecule has 6 aromatic rings. The minimum Gasteiger partial charge on any atom is -0.254 e. The molecule has 4 aromatic heterocycles. The first-order chi connectivity index (χ1) is 16.7. The number of rotatable bonds is 0. The van der Waals surface area contributed by atoms with Crippen molar-refractivity contribution in [2.45, 2.75) is 0 Å². The number of fused-ring (bicyclic) bond motifs is 6. The summed E-state index contributed by atoms with van der Waals surface area (Å²) < 4.78 is 0. The zero-order chi connectivity index (χ0) is 24.2. The van der Waals surface area contributed by atoms with Crippen LogP contribution in [0.25, 0.3) is 43.6 Å². The Morgan fingerprint density at radius 2 is 0.588 bits per heavy atom. The largest absolute Gasteiger partial charge is 0.254 e. The third-order valence-electron chi connectivity index (χ3n) is 4.69. The second-order valence-corrected chi connectivity index (χ2v) is 9.63. The predicted molar refractivity (Wildman–Crippen MR) is 137 cm³/mol. The maximum Gasteiger partial charge on any atom is 0.0964 e. The Hall–Kier alpha value is -1.72. The van der Waals surface area contributed by atoms with E-state index in [1.54, 1.807) is 24.8 Å². The van der Waals surface area contributed by atoms with Gasteiger partial charge in [-0.15, -0.1) is 0 Å². The summed E-state index contributed by atoms with van der Waals surface area (Å²) in [4.78, 5) is 17.4. The molecule has 0 atom stereocenters. The Morgan fingerprint density at radius 3 is 0.794 bits per heavy atom. The van der Waals surface area contributed by atoms with Crippen LogP contribution in [-0.2, 0) is 26.3 Å². The summed E-state index contributed by atoms with van der Waals surface area (Å²) in [5.41, 5.74) is 3.91. The van der Waals surface area contributed by atoms with Crippen LogP contribution in [0.15, 0.2) is 97.6 Å². The summed E-state index contributed by atoms with van der Waals surface area (Å²) >= 11 is 1.51. The van der Waals surface area contributed by atoms with Crippen molar-refractivity contribution in [2.75, 3.05) is 0 Å². The zero-order valence-corrected chi connectivity index (χ0v) is 22.0. The molecule has 0 saturated carbocycles. The van der Waals surface area contributed by atoms with Crippen molar-refractivity contribution in [1.82, 2.24) is 19.9 Å². The van der Waals surface area contributed by atoms with Gasteiger partial charge >= 0.3 is 66.7 Å². The van der Waals surface area contributed by atoms with Gasteiger partial charge in [0.1, 0.15) is 0 Å². The van der Waals surface area contributed by atoms with Crippen LogP contribution in [-0.4, -0.2) is 19.9 Å². The molecule has 0 N–H and O–H groups in total. The molecule has 34 heavy (non-hydrogen) atoms. The average molecular weight is 629 g/mol. The van der Waals surface area contributed by atoms with Crippen LogP contribution in [0, 0.1) is 0 Å². The van der Waals surface area contributed by atoms with Gasteiger partial charge < -0.3 is 0 Å². The number of benzene rings is 2. The number of aromatic nitrogens is 4. The molecule has 0 radical (unpaired) electrons. The van der Waals surface area contributed by atoms with E-state index < -0.39 is 0 Å². The summed E-state index contributed by atoms with van der Waals surface area (Å²) in [6.07, 6.45) is 7.21. The Kier molecular flexibility index (Phi) is 11.6. The molecule has 0 aliphatic heterocycles. The fourth-order valence-corrected chi connectivity index (χ4v) is 3.36. The SMILES string of the molecule is [Cl][Cu][Cl].[Cl][Cu][Cl].c1cnc2c(c1)ccc1cccnc12.c1cnc2c(c1)ccc1cccnc12. The molecule has 0 unspecified atom stereocenters. The van der Waals surface area contributed by atoms with Crippen LogP contribution >= 0.6 is 40.4 Å². The van der Waals surface area contributed by atoms with Gasteiger partial charge in [-0.1, -0.05) is 48.5 Å². The van der Waals surface area contributed by atoms with Crippen molar-refractivity contribution >= 4 is 84.0 Å². The van der Waals surface area contributed by atoms with E-state index >= 15 is 0 Å². The third-order valence-corrected chi connectivity index (χ3v) is 4.69. The molecule has 0 aliphatic rings. The van der Waals surface area contributed by atoms with E-state index in [1.807, 2.05) is 24.3 Å². The molecule has 6 rings (SSSR count). The van der Waals surface area contributed by atoms with Crippen molar-refractivity contribution < 1.29 is 26.3 Å². The molecule has 0 aliphatic carbocycles. The van der Waals surface area contributed by atoms with Gasteiger partial charge in [0.05, 0.1) is 22.1 Å². The van der Waals surface area contributed by atoms with Gasteiger partial charge in [-0.3, -0.25) is 19.9 Å². The minimum absolute atomic E-state index is 0.757. The van der Waals surface area contributed by atoms with E-state index in [0.717, 1.165) is 69.9 Å². The molecule has 4 nitrogen and oxygen atoms in total. The molecule has 2 aromatic carbocycles. The molecule has 4 heterocycles. The Balaban J connectivity index is 0.000000156. The summed E-state index contributed by atoms with van der Waals surface area (Å²) in [6.45, 7) is 0. The van der Waals surface area contributed by atoms with Crippen molar-refractivity contribution in [3.05, 3.63) is 97.6 Å². The van der Waals surface area contributed by atoms with Crippen LogP contribution in [0.2, 0.25) is 0 Å². The van der Waals surface area contributed by atoms with Crippen molar-refractivity contribution in [2.24, 2.45) is 0 Å². The monoisotopic (exact) mass is 626 g/mol. The molecule has 182 valence electrons. The van der Waals surface area contributed by atoms with Gasteiger partial charge in [0.15, 0.2) is 0 Å². The van der Waals surface area contributed by atoms with Gasteiger partial charge in [-0.2, -0.15) is 0 Å². The van der Waals surface area contributed by atoms with E-state index in [0.29, 0.717) is 0 Å². The van der Waals surface area contributed by atoms with Gasteiger partial charge in [0, 0.05) is 46.3 Å². The fourth-order valence-electron chi connectivity index (χ4n) is 3.36. The summed E-state index contributed by atoms with van der Waals surface area (Å²) in [5, 5.41) is 4.55. The number of pyridine rings is 4. The standard InChI is InChI=1S/2C12H8N2.4ClH.2Cu/c2*1-3-9-5-6-10-4-2-8-14-12(10)11(9)13-7-1;;;;;;/h2*1-8H;4*1H;;/q;;;;;;2*+2/p-4. The molecule has 0 bridgehead atoms. The maximum atomic E-state index is 4.67. The predicted octanol–water partition coefficient (Wildman–Crippen LogP) is 8.32. The minimum atomic E-state index is 0.757. The van der Waals surface area contributed by atoms with Crippen LogP contribution in [0.3, 0.4) is 0 Å². The van der Waals surface area contributed by atoms with E-state index in [1.165, 1.54) is 0 Å².